The molecule has 0 radical (unpaired) electrons. The van der Waals surface area contributed by atoms with Crippen LogP contribution >= 0.6 is 11.3 Å². The Morgan fingerprint density at radius 1 is 1.38 bits per heavy atom. The maximum atomic E-state index is 13.0. The highest BCUT2D eigenvalue weighted by Gasteiger charge is 2.30. The maximum Gasteiger partial charge on any atom is 0.252 e. The largest absolute Gasteiger partial charge is 0.335 e. The van der Waals surface area contributed by atoms with Crippen molar-refractivity contribution < 1.29 is 4.79 Å². The summed E-state index contributed by atoms with van der Waals surface area (Å²) in [5.41, 5.74) is 4.39. The molecule has 0 saturated carbocycles. The predicted molar refractivity (Wildman–Crippen MR) is 101 cm³/mol. The Morgan fingerprint density at radius 3 is 3.04 bits per heavy atom. The van der Waals surface area contributed by atoms with Crippen LogP contribution in [-0.4, -0.2) is 36.9 Å². The standard InChI is InChI=1S/C19H23N5OS/c1-4-16-15-8-10-26-17(15)7-9-23(16)18(25)6-5-14-12(2)22-19-20-11-21-24(19)13(14)3/h8,10-11,16H,4-7,9H2,1-3H3/t16-/m1/s1. The maximum absolute atomic E-state index is 13.0. The second-order valence-corrected chi connectivity index (χ2v) is 7.79. The van der Waals surface area contributed by atoms with Gasteiger partial charge >= 0.3 is 0 Å². The Bertz CT molecular complexity index is 960. The van der Waals surface area contributed by atoms with Crippen molar-refractivity contribution in [1.29, 1.82) is 0 Å². The van der Waals surface area contributed by atoms with Gasteiger partial charge in [-0.1, -0.05) is 6.92 Å². The lowest BCUT2D eigenvalue weighted by molar-refractivity contribution is -0.134. The Morgan fingerprint density at radius 2 is 2.23 bits per heavy atom. The minimum Gasteiger partial charge on any atom is -0.335 e. The lowest BCUT2D eigenvalue weighted by Crippen LogP contribution is -2.39. The van der Waals surface area contributed by atoms with Gasteiger partial charge in [0.1, 0.15) is 6.33 Å². The quantitative estimate of drug-likeness (QED) is 0.708. The molecule has 1 atom stereocenters. The van der Waals surface area contributed by atoms with Gasteiger partial charge in [0.05, 0.1) is 6.04 Å². The molecule has 0 saturated heterocycles. The van der Waals surface area contributed by atoms with E-state index >= 15 is 0 Å². The molecule has 0 unspecified atom stereocenters. The van der Waals surface area contributed by atoms with Crippen molar-refractivity contribution in [2.75, 3.05) is 6.54 Å². The van der Waals surface area contributed by atoms with Crippen molar-refractivity contribution in [1.82, 2.24) is 24.5 Å². The van der Waals surface area contributed by atoms with Crippen LogP contribution in [0.1, 0.15) is 53.2 Å². The topological polar surface area (TPSA) is 63.4 Å². The number of hydrogen-bond donors (Lipinski definition) is 0. The van der Waals surface area contributed by atoms with E-state index in [0.717, 1.165) is 36.3 Å². The van der Waals surface area contributed by atoms with Crippen LogP contribution in [0.2, 0.25) is 0 Å². The molecule has 0 N–H and O–H groups in total. The molecule has 3 aromatic heterocycles. The van der Waals surface area contributed by atoms with Crippen LogP contribution in [0.5, 0.6) is 0 Å². The van der Waals surface area contributed by atoms with E-state index in [1.54, 1.807) is 4.52 Å². The van der Waals surface area contributed by atoms with E-state index in [0.29, 0.717) is 18.6 Å². The molecule has 1 aliphatic rings. The fourth-order valence-corrected chi connectivity index (χ4v) is 4.96. The molecule has 0 bridgehead atoms. The molecule has 0 fully saturated rings. The van der Waals surface area contributed by atoms with E-state index in [-0.39, 0.29) is 11.9 Å². The zero-order valence-electron chi connectivity index (χ0n) is 15.4. The first kappa shape index (κ1) is 17.1. The van der Waals surface area contributed by atoms with Gasteiger partial charge in [-0.3, -0.25) is 4.79 Å². The van der Waals surface area contributed by atoms with E-state index in [4.69, 9.17) is 0 Å². The molecule has 26 heavy (non-hydrogen) atoms. The highest BCUT2D eigenvalue weighted by atomic mass is 32.1. The van der Waals surface area contributed by atoms with Gasteiger partial charge in [-0.05, 0) is 55.7 Å². The summed E-state index contributed by atoms with van der Waals surface area (Å²) in [7, 11) is 0. The molecule has 6 nitrogen and oxygen atoms in total. The summed E-state index contributed by atoms with van der Waals surface area (Å²) < 4.78 is 1.75. The number of nitrogens with zero attached hydrogens (tertiary/aromatic N) is 5. The number of hydrogen-bond acceptors (Lipinski definition) is 5. The van der Waals surface area contributed by atoms with Gasteiger partial charge in [0.2, 0.25) is 5.91 Å². The van der Waals surface area contributed by atoms with Crippen LogP contribution in [-0.2, 0) is 17.6 Å². The van der Waals surface area contributed by atoms with E-state index in [9.17, 15) is 4.79 Å². The van der Waals surface area contributed by atoms with E-state index in [1.165, 1.54) is 16.8 Å². The molecule has 4 rings (SSSR count). The fourth-order valence-electron chi connectivity index (χ4n) is 4.03. The van der Waals surface area contributed by atoms with Crippen molar-refractivity contribution in [3.8, 4) is 0 Å². The molecule has 0 spiro atoms. The van der Waals surface area contributed by atoms with Crippen LogP contribution in [0, 0.1) is 13.8 Å². The molecule has 136 valence electrons. The summed E-state index contributed by atoms with van der Waals surface area (Å²) in [4.78, 5) is 25.2. The van der Waals surface area contributed by atoms with Crippen LogP contribution in [0.15, 0.2) is 17.8 Å². The Hall–Kier alpha value is -2.28. The molecule has 0 aromatic carbocycles. The second kappa shape index (κ2) is 6.79. The van der Waals surface area contributed by atoms with Gasteiger partial charge in [-0.15, -0.1) is 11.3 Å². The molecule has 1 amide bonds. The number of amides is 1. The third-order valence-corrected chi connectivity index (χ3v) is 6.38. The molecule has 3 aromatic rings. The number of carbonyl (C=O) groups excluding carboxylic acids is 1. The predicted octanol–water partition coefficient (Wildman–Crippen LogP) is 3.27. The van der Waals surface area contributed by atoms with Gasteiger partial charge in [0.15, 0.2) is 0 Å². The van der Waals surface area contributed by atoms with Crippen LogP contribution in [0.3, 0.4) is 0 Å². The van der Waals surface area contributed by atoms with E-state index in [2.05, 4.69) is 38.3 Å². The highest BCUT2D eigenvalue weighted by molar-refractivity contribution is 7.10. The van der Waals surface area contributed by atoms with E-state index < -0.39 is 0 Å². The smallest absolute Gasteiger partial charge is 0.252 e. The first-order valence-electron chi connectivity index (χ1n) is 9.11. The number of carbonyl (C=O) groups is 1. The minimum atomic E-state index is 0.218. The second-order valence-electron chi connectivity index (χ2n) is 6.79. The van der Waals surface area contributed by atoms with E-state index in [1.807, 2.05) is 25.2 Å². The van der Waals surface area contributed by atoms with Gasteiger partial charge in [-0.2, -0.15) is 10.1 Å². The Kier molecular flexibility index (Phi) is 4.48. The summed E-state index contributed by atoms with van der Waals surface area (Å²) in [6.45, 7) is 6.98. The van der Waals surface area contributed by atoms with Gasteiger partial charge in [-0.25, -0.2) is 9.50 Å². The summed E-state index contributed by atoms with van der Waals surface area (Å²) in [6.07, 6.45) is 4.63. The normalized spacial score (nSPS) is 16.9. The van der Waals surface area contributed by atoms with Gasteiger partial charge in [0, 0.05) is 29.2 Å². The average Bonchev–Trinajstić information content (AvgIpc) is 3.29. The third-order valence-electron chi connectivity index (χ3n) is 5.38. The fraction of sp³-hybridized carbons (Fsp3) is 0.474. The SMILES string of the molecule is CC[C@@H]1c2ccsc2CCN1C(=O)CCc1c(C)nc2ncnn2c1C. The van der Waals surface area contributed by atoms with Crippen molar-refractivity contribution in [2.24, 2.45) is 0 Å². The van der Waals surface area contributed by atoms with Crippen LogP contribution in [0.25, 0.3) is 5.78 Å². The number of thiophene rings is 1. The zero-order valence-corrected chi connectivity index (χ0v) is 16.2. The molecule has 1 aliphatic heterocycles. The zero-order chi connectivity index (χ0) is 18.3. The van der Waals surface area contributed by atoms with Crippen molar-refractivity contribution in [3.63, 3.8) is 0 Å². The molecular formula is C19H23N5OS. The minimum absolute atomic E-state index is 0.218. The number of fused-ring (bicyclic) bond motifs is 2. The molecule has 4 heterocycles. The highest BCUT2D eigenvalue weighted by Crippen LogP contribution is 2.35. The van der Waals surface area contributed by atoms with Crippen LogP contribution in [0.4, 0.5) is 0 Å². The number of aryl methyl sites for hydroxylation is 2. The van der Waals surface area contributed by atoms with Gasteiger partial charge < -0.3 is 4.90 Å². The van der Waals surface area contributed by atoms with Crippen molar-refractivity contribution >= 4 is 23.0 Å². The van der Waals surface area contributed by atoms with Crippen molar-refractivity contribution in [3.05, 3.63) is 45.2 Å². The summed E-state index contributed by atoms with van der Waals surface area (Å²) >= 11 is 1.81. The number of aromatic nitrogens is 4. The first-order valence-corrected chi connectivity index (χ1v) is 9.99. The average molecular weight is 369 g/mol. The Balaban J connectivity index is 1.53. The van der Waals surface area contributed by atoms with Gasteiger partial charge in [0.25, 0.3) is 5.78 Å². The molecular weight excluding hydrogens is 346 g/mol. The lowest BCUT2D eigenvalue weighted by atomic mass is 9.96. The lowest BCUT2D eigenvalue weighted by Gasteiger charge is -2.35. The molecule has 7 heteroatoms. The number of rotatable bonds is 4. The summed E-state index contributed by atoms with van der Waals surface area (Å²) in [6, 6.07) is 2.40. The first-order chi connectivity index (χ1) is 12.6. The Labute approximate surface area is 156 Å². The molecule has 0 aliphatic carbocycles. The monoisotopic (exact) mass is 369 g/mol. The van der Waals surface area contributed by atoms with Crippen molar-refractivity contribution in [2.45, 2.75) is 52.5 Å². The third kappa shape index (κ3) is 2.80. The van der Waals surface area contributed by atoms with Crippen LogP contribution < -0.4 is 0 Å². The summed E-state index contributed by atoms with van der Waals surface area (Å²) in [5, 5.41) is 6.38. The summed E-state index contributed by atoms with van der Waals surface area (Å²) in [5.74, 6) is 0.841.